The molecule has 0 bridgehead atoms. The van der Waals surface area contributed by atoms with Crippen molar-refractivity contribution in [2.45, 2.75) is 41.5 Å². The van der Waals surface area contributed by atoms with Crippen molar-refractivity contribution in [1.29, 1.82) is 0 Å². The van der Waals surface area contributed by atoms with Gasteiger partial charge < -0.3 is 14.9 Å². The van der Waals surface area contributed by atoms with Gasteiger partial charge in [0.05, 0.1) is 0 Å². The topological polar surface area (TPSA) is 0 Å². The molecule has 0 spiro atoms. The van der Waals surface area contributed by atoms with E-state index in [9.17, 15) is 0 Å². The van der Waals surface area contributed by atoms with E-state index >= 15 is 0 Å². The van der Waals surface area contributed by atoms with Gasteiger partial charge in [0.1, 0.15) is 0 Å². The molecule has 0 amide bonds. The molecule has 0 heterocycles. The van der Waals surface area contributed by atoms with Crippen molar-refractivity contribution in [3.05, 3.63) is 96.8 Å². The quantitative estimate of drug-likeness (QED) is 0.157. The molecule has 0 aromatic heterocycles. The molecule has 0 saturated carbocycles. The first kappa shape index (κ1) is 34.0. The molecule has 0 saturated heterocycles. The van der Waals surface area contributed by atoms with Crippen LogP contribution in [-0.2, 0) is 23.3 Å². The van der Waals surface area contributed by atoms with Crippen LogP contribution in [0.2, 0.25) is 0 Å². The molecule has 0 aliphatic heterocycles. The predicted molar refractivity (Wildman–Crippen MR) is 141 cm³/mol. The fourth-order valence-electron chi connectivity index (χ4n) is 3.47. The van der Waals surface area contributed by atoms with Gasteiger partial charge in [0.2, 0.25) is 0 Å². The van der Waals surface area contributed by atoms with Crippen LogP contribution in [0.5, 0.6) is 0 Å². The van der Waals surface area contributed by atoms with Crippen LogP contribution < -0.4 is 0 Å². The van der Waals surface area contributed by atoms with Crippen molar-refractivity contribution in [1.82, 2.24) is 0 Å². The zero-order valence-corrected chi connectivity index (χ0v) is 24.5. The average molecular weight is 537 g/mol. The minimum atomic E-state index is 0. The number of rotatable bonds is 0. The monoisotopic (exact) mass is 534 g/mol. The summed E-state index contributed by atoms with van der Waals surface area (Å²) < 4.78 is 0. The van der Waals surface area contributed by atoms with Crippen LogP contribution in [0.4, 0.5) is 0 Å². The molecule has 30 heavy (non-hydrogen) atoms. The van der Waals surface area contributed by atoms with E-state index in [4.69, 9.17) is 0 Å². The van der Waals surface area contributed by atoms with Crippen LogP contribution in [-0.4, -0.2) is 6.88 Å². The van der Waals surface area contributed by atoms with Crippen molar-refractivity contribution < 1.29 is 23.3 Å². The van der Waals surface area contributed by atoms with Crippen molar-refractivity contribution in [3.63, 3.8) is 0 Å². The molecule has 2 radical (unpaired) electrons. The van der Waals surface area contributed by atoms with E-state index in [-0.39, 0.29) is 39.7 Å². The van der Waals surface area contributed by atoms with Gasteiger partial charge in [0.25, 0.3) is 0 Å². The molecule has 0 aliphatic carbocycles. The van der Waals surface area contributed by atoms with Gasteiger partial charge >= 0.3 is 30.2 Å². The molecule has 0 N–H and O–H groups in total. The van der Waals surface area contributed by atoms with Gasteiger partial charge in [-0.25, -0.2) is 0 Å². The summed E-state index contributed by atoms with van der Waals surface area (Å²) in [5, 5.41) is 5.64. The van der Waals surface area contributed by atoms with E-state index in [1.807, 2.05) is 0 Å². The van der Waals surface area contributed by atoms with E-state index in [0.717, 1.165) is 0 Å². The number of aryl methyl sites for hydroxylation is 6. The molecular weight excluding hydrogens is 503 g/mol. The molecule has 0 atom stereocenters. The summed E-state index contributed by atoms with van der Waals surface area (Å²) in [5.41, 5.74) is 8.24. The number of hydrogen-bond donors (Lipinski definition) is 0. The van der Waals surface area contributed by atoms with E-state index in [1.165, 1.54) is 78.3 Å². The molecule has 0 aliphatic rings. The molecule has 0 unspecified atom stereocenters. The van der Waals surface area contributed by atoms with Gasteiger partial charge in [-0.05, 0) is 13.8 Å². The summed E-state index contributed by atoms with van der Waals surface area (Å²) in [4.78, 5) is 0. The zero-order chi connectivity index (χ0) is 19.4. The van der Waals surface area contributed by atoms with Crippen molar-refractivity contribution in [2.75, 3.05) is 0 Å². The summed E-state index contributed by atoms with van der Waals surface area (Å²) in [5.74, 6) is 0. The first-order valence-corrected chi connectivity index (χ1v) is 13.1. The number of benzene rings is 2. The molecule has 4 heteroatoms. The Kier molecular flexibility index (Phi) is 17.2. The molecule has 164 valence electrons. The maximum atomic E-state index is 3.06. The third kappa shape index (κ3) is 7.79. The summed E-state index contributed by atoms with van der Waals surface area (Å²) in [6.45, 7) is 16.0. The normalized spacial score (nSPS) is 8.83. The molecule has 0 nitrogen and oxygen atoms in total. The van der Waals surface area contributed by atoms with Gasteiger partial charge in [-0.1, -0.05) is 51.0 Å². The molecule has 4 aromatic carbocycles. The van der Waals surface area contributed by atoms with Gasteiger partial charge in [-0.3, -0.25) is 0 Å². The van der Waals surface area contributed by atoms with E-state index in [0.29, 0.717) is 0 Å². The van der Waals surface area contributed by atoms with Gasteiger partial charge in [0.15, 0.2) is 0 Å². The van der Waals surface area contributed by atoms with Crippen LogP contribution in [0.25, 0.3) is 21.5 Å². The average Bonchev–Trinajstić information content (AvgIpc) is 3.21. The zero-order valence-electron chi connectivity index (χ0n) is 19.4. The Bertz CT molecular complexity index is 882. The second kappa shape index (κ2) is 15.2. The van der Waals surface area contributed by atoms with Crippen LogP contribution in [0.1, 0.15) is 33.4 Å². The minimum absolute atomic E-state index is 0. The van der Waals surface area contributed by atoms with E-state index in [1.54, 1.807) is 0 Å². The summed E-state index contributed by atoms with van der Waals surface area (Å²) in [6, 6.07) is 17.8. The summed E-state index contributed by atoms with van der Waals surface area (Å²) in [7, 11) is 0. The van der Waals surface area contributed by atoms with Crippen molar-refractivity contribution in [2.24, 2.45) is 0 Å². The Morgan fingerprint density at radius 3 is 1.10 bits per heavy atom. The third-order valence-electron chi connectivity index (χ3n) is 4.93. The molecule has 0 fully saturated rings. The Hall–Kier alpha value is -0.660. The Morgan fingerprint density at radius 1 is 0.567 bits per heavy atom. The van der Waals surface area contributed by atoms with Crippen molar-refractivity contribution >= 4 is 53.2 Å². The van der Waals surface area contributed by atoms with Crippen LogP contribution >= 0.6 is 24.8 Å². The SMILES string of the molecule is Cc1cc2c(C)ccc(C)c2[cH-]1.Cc1cc2c(C)ccc(C)c2[cH-]1.Cl.Cl.[CH3-].[CH3-].[Si]=[Zr]. The van der Waals surface area contributed by atoms with Crippen LogP contribution in [0.3, 0.4) is 0 Å². The third-order valence-corrected chi connectivity index (χ3v) is 4.93. The van der Waals surface area contributed by atoms with Crippen molar-refractivity contribution in [3.8, 4) is 0 Å². The molecule has 4 aromatic rings. The van der Waals surface area contributed by atoms with Gasteiger partial charge in [-0.15, -0.1) is 92.9 Å². The fraction of sp³-hybridized carbons (Fsp3) is 0.231. The number of hydrogen-bond acceptors (Lipinski definition) is 0. The standard InChI is InChI=1S/2C12H13.2CH3.2ClH.Si.Zr/c2*1-8-6-11-9(2)4-5-10(3)12(11)7-8;;;;;;/h2*4-7H,1-3H3;2*1H3;2*1H;;/q4*-1;;;;. The van der Waals surface area contributed by atoms with Crippen LogP contribution in [0.15, 0.2) is 48.5 Å². The fourth-order valence-corrected chi connectivity index (χ4v) is 3.47. The Balaban J connectivity index is -0.000000400. The summed E-state index contributed by atoms with van der Waals surface area (Å²) in [6.07, 6.45) is 0. The predicted octanol–water partition coefficient (Wildman–Crippen LogP) is 8.33. The van der Waals surface area contributed by atoms with E-state index < -0.39 is 0 Å². The van der Waals surface area contributed by atoms with Crippen LogP contribution in [0, 0.1) is 56.4 Å². The Labute approximate surface area is 213 Å². The first-order chi connectivity index (χ1) is 12.4. The number of halogens is 2. The molecule has 4 rings (SSSR count). The first-order valence-electron chi connectivity index (χ1n) is 8.88. The Morgan fingerprint density at radius 2 is 0.833 bits per heavy atom. The second-order valence-corrected chi connectivity index (χ2v) is 7.12. The maximum absolute atomic E-state index is 3.06. The number of fused-ring (bicyclic) bond motifs is 2. The summed E-state index contributed by atoms with van der Waals surface area (Å²) >= 11 is 1.36. The molecular formula is C26H34Cl2SiZr-4. The van der Waals surface area contributed by atoms with E-state index in [2.05, 4.69) is 97.0 Å². The van der Waals surface area contributed by atoms with Gasteiger partial charge in [0, 0.05) is 0 Å². The van der Waals surface area contributed by atoms with Gasteiger partial charge in [-0.2, -0.15) is 12.1 Å². The second-order valence-electron chi connectivity index (χ2n) is 7.12.